The summed E-state index contributed by atoms with van der Waals surface area (Å²) in [5.41, 5.74) is 6.71. The van der Waals surface area contributed by atoms with Crippen LogP contribution in [0.1, 0.15) is 37.3 Å². The summed E-state index contributed by atoms with van der Waals surface area (Å²) in [6, 6.07) is 4.15. The smallest absolute Gasteiger partial charge is 0.392 e. The van der Waals surface area contributed by atoms with Gasteiger partial charge in [-0.05, 0) is 37.0 Å². The summed E-state index contributed by atoms with van der Waals surface area (Å²) in [4.78, 5) is 0. The van der Waals surface area contributed by atoms with Gasteiger partial charge in [-0.3, -0.25) is 0 Å². The van der Waals surface area contributed by atoms with Gasteiger partial charge < -0.3 is 10.5 Å². The normalized spacial score (nSPS) is 24.7. The Labute approximate surface area is 127 Å². The quantitative estimate of drug-likeness (QED) is 0.874. The van der Waals surface area contributed by atoms with Gasteiger partial charge in [-0.2, -0.15) is 13.2 Å². The Morgan fingerprint density at radius 2 is 1.95 bits per heavy atom. The van der Waals surface area contributed by atoms with Gasteiger partial charge in [0, 0.05) is 16.6 Å². The third-order valence-electron chi connectivity index (χ3n) is 4.25. The largest absolute Gasteiger partial charge is 0.496 e. The minimum Gasteiger partial charge on any atom is -0.496 e. The van der Waals surface area contributed by atoms with Gasteiger partial charge >= 0.3 is 6.18 Å². The van der Waals surface area contributed by atoms with E-state index in [0.29, 0.717) is 29.2 Å². The van der Waals surface area contributed by atoms with E-state index in [1.807, 2.05) is 0 Å². The van der Waals surface area contributed by atoms with E-state index in [1.165, 1.54) is 7.11 Å². The van der Waals surface area contributed by atoms with Crippen molar-refractivity contribution in [2.75, 3.05) is 7.11 Å². The summed E-state index contributed by atoms with van der Waals surface area (Å²) in [6.45, 7) is 0. The predicted octanol–water partition coefficient (Wildman–Crippen LogP) is 4.72. The lowest BCUT2D eigenvalue weighted by atomic mass is 9.73. The standard InChI is InChI=1S/C15H19ClF3NO/c1-21-13-7-6-9(16)8-11(13)14(20)10-4-2-3-5-12(10)15(17,18)19/h6-8,10,12,14H,2-5,20H2,1H3. The van der Waals surface area contributed by atoms with Crippen molar-refractivity contribution in [3.63, 3.8) is 0 Å². The highest BCUT2D eigenvalue weighted by Gasteiger charge is 2.47. The molecule has 2 nitrogen and oxygen atoms in total. The van der Waals surface area contributed by atoms with E-state index in [1.54, 1.807) is 18.2 Å². The third kappa shape index (κ3) is 3.64. The van der Waals surface area contributed by atoms with Crippen molar-refractivity contribution in [1.29, 1.82) is 0 Å². The van der Waals surface area contributed by atoms with E-state index in [2.05, 4.69) is 0 Å². The van der Waals surface area contributed by atoms with E-state index in [4.69, 9.17) is 22.1 Å². The van der Waals surface area contributed by atoms with Crippen LogP contribution in [0.4, 0.5) is 13.2 Å². The van der Waals surface area contributed by atoms with E-state index in [9.17, 15) is 13.2 Å². The summed E-state index contributed by atoms with van der Waals surface area (Å²) < 4.78 is 44.9. The van der Waals surface area contributed by atoms with E-state index < -0.39 is 24.1 Å². The molecule has 2 rings (SSSR count). The first-order valence-electron chi connectivity index (χ1n) is 7.00. The van der Waals surface area contributed by atoms with Crippen molar-refractivity contribution in [3.8, 4) is 5.75 Å². The Hall–Kier alpha value is -0.940. The number of halogens is 4. The van der Waals surface area contributed by atoms with Crippen molar-refractivity contribution in [2.24, 2.45) is 17.6 Å². The third-order valence-corrected chi connectivity index (χ3v) is 4.49. The number of benzene rings is 1. The summed E-state index contributed by atoms with van der Waals surface area (Å²) in [6.07, 6.45) is -2.23. The first-order chi connectivity index (χ1) is 9.84. The van der Waals surface area contributed by atoms with Gasteiger partial charge in [0.05, 0.1) is 13.0 Å². The van der Waals surface area contributed by atoms with Crippen molar-refractivity contribution < 1.29 is 17.9 Å². The molecule has 0 spiro atoms. The molecule has 0 bridgehead atoms. The zero-order valence-corrected chi connectivity index (χ0v) is 12.5. The molecule has 0 radical (unpaired) electrons. The van der Waals surface area contributed by atoms with Crippen LogP contribution in [0.2, 0.25) is 5.02 Å². The zero-order chi connectivity index (χ0) is 15.6. The van der Waals surface area contributed by atoms with E-state index in [-0.39, 0.29) is 6.42 Å². The molecule has 1 aromatic carbocycles. The summed E-state index contributed by atoms with van der Waals surface area (Å²) in [5, 5.41) is 0.445. The molecule has 3 atom stereocenters. The van der Waals surface area contributed by atoms with Gasteiger partial charge in [0.1, 0.15) is 5.75 Å². The van der Waals surface area contributed by atoms with Crippen LogP contribution in [0.25, 0.3) is 0 Å². The minimum atomic E-state index is -4.21. The number of hydrogen-bond donors (Lipinski definition) is 1. The van der Waals surface area contributed by atoms with Crippen LogP contribution in [-0.4, -0.2) is 13.3 Å². The highest BCUT2D eigenvalue weighted by molar-refractivity contribution is 6.30. The fourth-order valence-corrected chi connectivity index (χ4v) is 3.37. The number of nitrogens with two attached hydrogens (primary N) is 1. The molecule has 0 saturated heterocycles. The molecule has 1 fully saturated rings. The molecule has 1 aromatic rings. The van der Waals surface area contributed by atoms with Crippen LogP contribution in [0.5, 0.6) is 5.75 Å². The van der Waals surface area contributed by atoms with Crippen molar-refractivity contribution in [2.45, 2.75) is 37.9 Å². The Morgan fingerprint density at radius 1 is 1.29 bits per heavy atom. The number of rotatable bonds is 3. The minimum absolute atomic E-state index is 0.144. The van der Waals surface area contributed by atoms with Crippen LogP contribution in [0.3, 0.4) is 0 Å². The van der Waals surface area contributed by atoms with E-state index >= 15 is 0 Å². The lowest BCUT2D eigenvalue weighted by Crippen LogP contribution is -2.39. The maximum atomic E-state index is 13.2. The zero-order valence-electron chi connectivity index (χ0n) is 11.8. The molecule has 6 heteroatoms. The second-order valence-electron chi connectivity index (χ2n) is 5.51. The van der Waals surface area contributed by atoms with Crippen LogP contribution in [0.15, 0.2) is 18.2 Å². The predicted molar refractivity (Wildman–Crippen MR) is 76.4 cm³/mol. The number of methoxy groups -OCH3 is 1. The average molecular weight is 322 g/mol. The van der Waals surface area contributed by atoms with Gasteiger partial charge in [-0.15, -0.1) is 0 Å². The summed E-state index contributed by atoms with van der Waals surface area (Å²) >= 11 is 5.95. The lowest BCUT2D eigenvalue weighted by molar-refractivity contribution is -0.198. The van der Waals surface area contributed by atoms with Gasteiger partial charge in [0.25, 0.3) is 0 Å². The van der Waals surface area contributed by atoms with Gasteiger partial charge in [-0.25, -0.2) is 0 Å². The Kier molecular flexibility index (Phi) is 5.04. The molecule has 118 valence electrons. The fraction of sp³-hybridized carbons (Fsp3) is 0.600. The Bertz CT molecular complexity index is 492. The lowest BCUT2D eigenvalue weighted by Gasteiger charge is -2.37. The second kappa shape index (κ2) is 6.44. The SMILES string of the molecule is COc1ccc(Cl)cc1C(N)C1CCCCC1C(F)(F)F. The Morgan fingerprint density at radius 3 is 2.57 bits per heavy atom. The van der Waals surface area contributed by atoms with Crippen LogP contribution in [-0.2, 0) is 0 Å². The molecular weight excluding hydrogens is 303 g/mol. The van der Waals surface area contributed by atoms with Gasteiger partial charge in [-0.1, -0.05) is 24.4 Å². The first kappa shape index (κ1) is 16.4. The second-order valence-corrected chi connectivity index (χ2v) is 5.94. The Balaban J connectivity index is 2.33. The summed E-state index contributed by atoms with van der Waals surface area (Å²) in [5.74, 6) is -1.51. The van der Waals surface area contributed by atoms with Gasteiger partial charge in [0.15, 0.2) is 0 Å². The average Bonchev–Trinajstić information content (AvgIpc) is 2.45. The molecule has 2 N–H and O–H groups in total. The van der Waals surface area contributed by atoms with Crippen molar-refractivity contribution >= 4 is 11.6 Å². The molecule has 1 aliphatic rings. The van der Waals surface area contributed by atoms with E-state index in [0.717, 1.165) is 6.42 Å². The molecule has 0 aliphatic heterocycles. The first-order valence-corrected chi connectivity index (χ1v) is 7.38. The van der Waals surface area contributed by atoms with Crippen LogP contribution in [0, 0.1) is 11.8 Å². The number of hydrogen-bond acceptors (Lipinski definition) is 2. The van der Waals surface area contributed by atoms with Crippen molar-refractivity contribution in [1.82, 2.24) is 0 Å². The van der Waals surface area contributed by atoms with Gasteiger partial charge in [0.2, 0.25) is 0 Å². The molecular formula is C15H19ClF3NO. The number of ether oxygens (including phenoxy) is 1. The van der Waals surface area contributed by atoms with Crippen LogP contribution >= 0.6 is 11.6 Å². The maximum Gasteiger partial charge on any atom is 0.392 e. The van der Waals surface area contributed by atoms with Crippen LogP contribution < -0.4 is 10.5 Å². The maximum absolute atomic E-state index is 13.2. The monoisotopic (exact) mass is 321 g/mol. The molecule has 0 heterocycles. The molecule has 21 heavy (non-hydrogen) atoms. The van der Waals surface area contributed by atoms with Crippen molar-refractivity contribution in [3.05, 3.63) is 28.8 Å². The topological polar surface area (TPSA) is 35.2 Å². The molecule has 1 aliphatic carbocycles. The molecule has 3 unspecified atom stereocenters. The number of alkyl halides is 3. The molecule has 1 saturated carbocycles. The highest BCUT2D eigenvalue weighted by atomic mass is 35.5. The molecule has 0 aromatic heterocycles. The highest BCUT2D eigenvalue weighted by Crippen LogP contribution is 2.47. The molecule has 0 amide bonds. The summed E-state index contributed by atoms with van der Waals surface area (Å²) in [7, 11) is 1.47. The fourth-order valence-electron chi connectivity index (χ4n) is 3.19.